The summed E-state index contributed by atoms with van der Waals surface area (Å²) in [7, 11) is -1.63. The number of thioether (sulfide) groups is 1. The largest absolute Gasteiger partial charge is 0.330 e. The second-order valence-corrected chi connectivity index (χ2v) is 7.10. The molecule has 0 radical (unpaired) electrons. The van der Waals surface area contributed by atoms with E-state index >= 15 is 0 Å². The average Bonchev–Trinajstić information content (AvgIpc) is 2.54. The van der Waals surface area contributed by atoms with Crippen molar-refractivity contribution in [1.29, 1.82) is 0 Å². The molecule has 0 aromatic rings. The van der Waals surface area contributed by atoms with Gasteiger partial charge in [-0.15, -0.1) is 0 Å². The van der Waals surface area contributed by atoms with Crippen molar-refractivity contribution >= 4 is 22.0 Å². The predicted octanol–water partition coefficient (Wildman–Crippen LogP) is -0.0493. The lowest BCUT2D eigenvalue weighted by Gasteiger charge is -2.26. The molecule has 1 rings (SSSR count). The fourth-order valence-corrected chi connectivity index (χ4v) is 4.02. The van der Waals surface area contributed by atoms with Crippen molar-refractivity contribution in [3.05, 3.63) is 0 Å². The lowest BCUT2D eigenvalue weighted by molar-refractivity contribution is 0.370. The first-order valence-electron chi connectivity index (χ1n) is 5.58. The van der Waals surface area contributed by atoms with Crippen LogP contribution in [-0.2, 0) is 10.2 Å². The third-order valence-corrected chi connectivity index (χ3v) is 5.62. The van der Waals surface area contributed by atoms with Gasteiger partial charge in [-0.1, -0.05) is 0 Å². The highest BCUT2D eigenvalue weighted by Gasteiger charge is 2.26. The van der Waals surface area contributed by atoms with Crippen molar-refractivity contribution in [3.8, 4) is 0 Å². The van der Waals surface area contributed by atoms with Gasteiger partial charge in [-0.2, -0.15) is 28.8 Å². The summed E-state index contributed by atoms with van der Waals surface area (Å²) in [6.07, 6.45) is 1.65. The Balaban J connectivity index is 2.59. The van der Waals surface area contributed by atoms with Crippen LogP contribution in [0.2, 0.25) is 0 Å². The Morgan fingerprint density at radius 3 is 2.81 bits per heavy atom. The molecule has 0 spiro atoms. The average molecular weight is 267 g/mol. The van der Waals surface area contributed by atoms with Gasteiger partial charge in [0.1, 0.15) is 0 Å². The molecule has 0 unspecified atom stereocenters. The SMILES string of the molecule is CN(CCCN)S(=O)(=O)N1CCCSCC1. The molecule has 16 heavy (non-hydrogen) atoms. The Labute approximate surface area is 103 Å². The molecule has 0 saturated carbocycles. The molecule has 0 aliphatic carbocycles. The predicted molar refractivity (Wildman–Crippen MR) is 68.7 cm³/mol. The van der Waals surface area contributed by atoms with E-state index in [-0.39, 0.29) is 0 Å². The molecule has 0 aromatic heterocycles. The number of nitrogens with zero attached hydrogens (tertiary/aromatic N) is 2. The van der Waals surface area contributed by atoms with Gasteiger partial charge in [-0.3, -0.25) is 0 Å². The monoisotopic (exact) mass is 267 g/mol. The van der Waals surface area contributed by atoms with Crippen LogP contribution in [0.1, 0.15) is 12.8 Å². The normalized spacial score (nSPS) is 19.9. The Hall–Kier alpha value is 0.180. The summed E-state index contributed by atoms with van der Waals surface area (Å²) in [6.45, 7) is 2.29. The zero-order chi connectivity index (χ0) is 12.0. The van der Waals surface area contributed by atoms with Crippen molar-refractivity contribution in [1.82, 2.24) is 8.61 Å². The first-order chi connectivity index (χ1) is 7.59. The molecule has 0 atom stereocenters. The van der Waals surface area contributed by atoms with Crippen LogP contribution in [0.15, 0.2) is 0 Å². The quantitative estimate of drug-likeness (QED) is 0.758. The third kappa shape index (κ3) is 3.89. The van der Waals surface area contributed by atoms with Crippen LogP contribution in [-0.4, -0.2) is 61.8 Å². The molecule has 96 valence electrons. The lowest BCUT2D eigenvalue weighted by atomic mass is 10.4. The van der Waals surface area contributed by atoms with Crippen LogP contribution in [0.25, 0.3) is 0 Å². The highest BCUT2D eigenvalue weighted by atomic mass is 32.2. The van der Waals surface area contributed by atoms with Gasteiger partial charge in [0.2, 0.25) is 0 Å². The number of hydrogen-bond donors (Lipinski definition) is 1. The first kappa shape index (κ1) is 14.2. The molecule has 5 nitrogen and oxygen atoms in total. The van der Waals surface area contributed by atoms with Gasteiger partial charge < -0.3 is 5.73 Å². The summed E-state index contributed by atoms with van der Waals surface area (Å²) in [5.41, 5.74) is 5.39. The van der Waals surface area contributed by atoms with E-state index in [0.717, 1.165) is 17.9 Å². The summed E-state index contributed by atoms with van der Waals surface area (Å²) < 4.78 is 27.3. The van der Waals surface area contributed by atoms with E-state index in [0.29, 0.717) is 32.6 Å². The second kappa shape index (κ2) is 6.80. The van der Waals surface area contributed by atoms with Crippen LogP contribution in [0, 0.1) is 0 Å². The van der Waals surface area contributed by atoms with Crippen molar-refractivity contribution in [3.63, 3.8) is 0 Å². The first-order valence-corrected chi connectivity index (χ1v) is 8.13. The number of hydrogen-bond acceptors (Lipinski definition) is 4. The van der Waals surface area contributed by atoms with Gasteiger partial charge >= 0.3 is 0 Å². The maximum absolute atomic E-state index is 12.1. The van der Waals surface area contributed by atoms with Gasteiger partial charge in [-0.25, -0.2) is 0 Å². The summed E-state index contributed by atoms with van der Waals surface area (Å²) in [5, 5.41) is 0. The second-order valence-electron chi connectivity index (χ2n) is 3.84. The molecular weight excluding hydrogens is 246 g/mol. The van der Waals surface area contributed by atoms with E-state index < -0.39 is 10.2 Å². The molecular formula is C9H21N3O2S2. The molecule has 1 saturated heterocycles. The minimum Gasteiger partial charge on any atom is -0.330 e. The minimum absolute atomic E-state index is 0.502. The van der Waals surface area contributed by atoms with E-state index in [1.54, 1.807) is 11.4 Å². The van der Waals surface area contributed by atoms with Gasteiger partial charge in [-0.05, 0) is 25.1 Å². The van der Waals surface area contributed by atoms with E-state index in [1.165, 1.54) is 4.31 Å². The van der Waals surface area contributed by atoms with Gasteiger partial charge in [0.15, 0.2) is 0 Å². The molecule has 1 fully saturated rings. The fourth-order valence-electron chi connectivity index (χ4n) is 1.58. The molecule has 0 amide bonds. The van der Waals surface area contributed by atoms with Crippen molar-refractivity contribution in [2.24, 2.45) is 5.73 Å². The van der Waals surface area contributed by atoms with E-state index in [4.69, 9.17) is 5.73 Å². The molecule has 1 heterocycles. The highest BCUT2D eigenvalue weighted by molar-refractivity contribution is 7.99. The van der Waals surface area contributed by atoms with Gasteiger partial charge in [0.05, 0.1) is 0 Å². The number of rotatable bonds is 5. The number of nitrogens with two attached hydrogens (primary N) is 1. The molecule has 0 bridgehead atoms. The summed E-state index contributed by atoms with van der Waals surface area (Å²) in [4.78, 5) is 0. The zero-order valence-corrected chi connectivity index (χ0v) is 11.4. The molecule has 1 aliphatic heterocycles. The topological polar surface area (TPSA) is 66.6 Å². The zero-order valence-electron chi connectivity index (χ0n) is 9.76. The minimum atomic E-state index is -3.26. The van der Waals surface area contributed by atoms with E-state index in [9.17, 15) is 8.42 Å². The Morgan fingerprint density at radius 1 is 1.38 bits per heavy atom. The van der Waals surface area contributed by atoms with E-state index in [2.05, 4.69) is 0 Å². The van der Waals surface area contributed by atoms with Crippen molar-refractivity contribution in [2.75, 3.05) is 44.7 Å². The maximum atomic E-state index is 12.1. The Bertz CT molecular complexity index is 287. The van der Waals surface area contributed by atoms with E-state index in [1.807, 2.05) is 11.8 Å². The summed E-state index contributed by atoms with van der Waals surface area (Å²) in [6, 6.07) is 0. The summed E-state index contributed by atoms with van der Waals surface area (Å²) >= 11 is 1.82. The standard InChI is InChI=1S/C9H21N3O2S2/c1-11(5-2-4-10)16(13,14)12-6-3-8-15-9-7-12/h2-10H2,1H3. The molecule has 7 heteroatoms. The molecule has 1 aliphatic rings. The van der Waals surface area contributed by atoms with Crippen LogP contribution in [0.5, 0.6) is 0 Å². The van der Waals surface area contributed by atoms with Crippen molar-refractivity contribution < 1.29 is 8.42 Å². The van der Waals surface area contributed by atoms with Gasteiger partial charge in [0, 0.05) is 32.4 Å². The molecule has 2 N–H and O–H groups in total. The van der Waals surface area contributed by atoms with Crippen LogP contribution >= 0.6 is 11.8 Å². The smallest absolute Gasteiger partial charge is 0.281 e. The Morgan fingerprint density at radius 2 is 2.12 bits per heavy atom. The van der Waals surface area contributed by atoms with Gasteiger partial charge in [0.25, 0.3) is 10.2 Å². The van der Waals surface area contributed by atoms with Crippen LogP contribution in [0.3, 0.4) is 0 Å². The fraction of sp³-hybridized carbons (Fsp3) is 1.00. The van der Waals surface area contributed by atoms with Crippen LogP contribution < -0.4 is 5.73 Å². The van der Waals surface area contributed by atoms with Crippen LogP contribution in [0.4, 0.5) is 0 Å². The highest BCUT2D eigenvalue weighted by Crippen LogP contribution is 2.15. The maximum Gasteiger partial charge on any atom is 0.281 e. The molecule has 0 aromatic carbocycles. The third-order valence-electron chi connectivity index (χ3n) is 2.58. The van der Waals surface area contributed by atoms with Crippen molar-refractivity contribution in [2.45, 2.75) is 12.8 Å². The summed E-state index contributed by atoms with van der Waals surface area (Å²) in [5.74, 6) is 1.95. The Kier molecular flexibility index (Phi) is 6.06. The lowest BCUT2D eigenvalue weighted by Crippen LogP contribution is -2.43.